The minimum atomic E-state index is 0.560. The van der Waals surface area contributed by atoms with E-state index < -0.39 is 0 Å². The number of hydrogen-bond acceptors (Lipinski definition) is 5. The fourth-order valence-corrected chi connectivity index (χ4v) is 3.49. The van der Waals surface area contributed by atoms with Crippen LogP contribution in [0.4, 0.5) is 5.82 Å². The van der Waals surface area contributed by atoms with E-state index in [1.165, 1.54) is 11.3 Å². The maximum Gasteiger partial charge on any atom is 0.212 e. The molecule has 0 fully saturated rings. The summed E-state index contributed by atoms with van der Waals surface area (Å²) in [5.74, 6) is 1.33. The molecule has 7 heteroatoms. The van der Waals surface area contributed by atoms with Crippen molar-refractivity contribution >= 4 is 23.6 Å². The SMILES string of the molecule is COc1ccc(-c2cc(NC=O)n(-c3nc(-c4ccccc4)cs3)n2)cc1. The molecule has 0 radical (unpaired) electrons. The number of rotatable bonds is 6. The zero-order chi connectivity index (χ0) is 18.6. The van der Waals surface area contributed by atoms with Crippen LogP contribution in [-0.2, 0) is 4.79 Å². The van der Waals surface area contributed by atoms with Gasteiger partial charge < -0.3 is 10.1 Å². The first-order valence-electron chi connectivity index (χ1n) is 8.24. The highest BCUT2D eigenvalue weighted by molar-refractivity contribution is 7.12. The van der Waals surface area contributed by atoms with Crippen LogP contribution in [0.2, 0.25) is 0 Å². The summed E-state index contributed by atoms with van der Waals surface area (Å²) >= 11 is 1.47. The molecule has 1 amide bonds. The average molecular weight is 376 g/mol. The van der Waals surface area contributed by atoms with E-state index in [-0.39, 0.29) is 0 Å². The quantitative estimate of drug-likeness (QED) is 0.511. The summed E-state index contributed by atoms with van der Waals surface area (Å²) in [4.78, 5) is 15.7. The largest absolute Gasteiger partial charge is 0.497 e. The number of hydrogen-bond donors (Lipinski definition) is 1. The van der Waals surface area contributed by atoms with Crippen molar-refractivity contribution in [3.8, 4) is 33.4 Å². The van der Waals surface area contributed by atoms with Crippen molar-refractivity contribution in [3.05, 3.63) is 66.0 Å². The molecule has 4 aromatic rings. The molecule has 0 aliphatic heterocycles. The Kier molecular flexibility index (Phi) is 4.67. The van der Waals surface area contributed by atoms with E-state index in [4.69, 9.17) is 4.74 Å². The van der Waals surface area contributed by atoms with E-state index in [0.717, 1.165) is 28.3 Å². The molecular weight excluding hydrogens is 360 g/mol. The lowest BCUT2D eigenvalue weighted by Crippen LogP contribution is -2.04. The van der Waals surface area contributed by atoms with Gasteiger partial charge in [0.05, 0.1) is 18.5 Å². The standard InChI is InChI=1S/C20H16N4O2S/c1-26-16-9-7-15(8-10-16)17-11-19(21-13-25)24(23-17)20-22-18(12-27-20)14-5-3-2-4-6-14/h2-13H,1H3,(H,21,25). The van der Waals surface area contributed by atoms with Gasteiger partial charge in [-0.2, -0.15) is 9.78 Å². The van der Waals surface area contributed by atoms with Crippen molar-refractivity contribution in [3.63, 3.8) is 0 Å². The molecule has 0 bridgehead atoms. The first-order chi connectivity index (χ1) is 13.3. The van der Waals surface area contributed by atoms with Crippen molar-refractivity contribution in [1.82, 2.24) is 14.8 Å². The lowest BCUT2D eigenvalue weighted by atomic mass is 10.1. The van der Waals surface area contributed by atoms with Crippen LogP contribution in [0.3, 0.4) is 0 Å². The molecule has 4 rings (SSSR count). The zero-order valence-corrected chi connectivity index (χ0v) is 15.3. The van der Waals surface area contributed by atoms with Crippen molar-refractivity contribution in [2.24, 2.45) is 0 Å². The second kappa shape index (κ2) is 7.43. The Labute approximate surface area is 160 Å². The van der Waals surface area contributed by atoms with Gasteiger partial charge in [0, 0.05) is 22.6 Å². The molecule has 2 aromatic heterocycles. The zero-order valence-electron chi connectivity index (χ0n) is 14.5. The number of anilines is 1. The third kappa shape index (κ3) is 3.45. The minimum Gasteiger partial charge on any atom is -0.497 e. The van der Waals surface area contributed by atoms with Crippen molar-refractivity contribution < 1.29 is 9.53 Å². The molecule has 2 heterocycles. The topological polar surface area (TPSA) is 69.0 Å². The third-order valence-electron chi connectivity index (χ3n) is 4.04. The minimum absolute atomic E-state index is 0.560. The van der Waals surface area contributed by atoms with Crippen LogP contribution in [0.15, 0.2) is 66.0 Å². The summed E-state index contributed by atoms with van der Waals surface area (Å²) in [5, 5.41) is 9.99. The summed E-state index contributed by atoms with van der Waals surface area (Å²) < 4.78 is 6.84. The number of thiazole rings is 1. The number of carbonyl (C=O) groups excluding carboxylic acids is 1. The Bertz CT molecular complexity index is 1060. The second-order valence-electron chi connectivity index (χ2n) is 5.70. The molecule has 0 aliphatic rings. The lowest BCUT2D eigenvalue weighted by Gasteiger charge is -2.01. The van der Waals surface area contributed by atoms with Gasteiger partial charge in [0.15, 0.2) is 0 Å². The summed E-state index contributed by atoms with van der Waals surface area (Å²) in [5.41, 5.74) is 3.56. The summed E-state index contributed by atoms with van der Waals surface area (Å²) in [6.07, 6.45) is 0.636. The maximum absolute atomic E-state index is 11.0. The maximum atomic E-state index is 11.0. The third-order valence-corrected chi connectivity index (χ3v) is 4.86. The second-order valence-corrected chi connectivity index (χ2v) is 6.54. The fourth-order valence-electron chi connectivity index (χ4n) is 2.70. The Hall–Kier alpha value is -3.45. The molecule has 0 atom stereocenters. The van der Waals surface area contributed by atoms with E-state index in [0.29, 0.717) is 17.4 Å². The smallest absolute Gasteiger partial charge is 0.212 e. The molecule has 6 nitrogen and oxygen atoms in total. The molecule has 1 N–H and O–H groups in total. The van der Waals surface area contributed by atoms with Gasteiger partial charge in [0.25, 0.3) is 0 Å². The lowest BCUT2D eigenvalue weighted by molar-refractivity contribution is -0.105. The van der Waals surface area contributed by atoms with E-state index in [1.807, 2.05) is 66.0 Å². The van der Waals surface area contributed by atoms with E-state index in [1.54, 1.807) is 11.8 Å². The van der Waals surface area contributed by atoms with Crippen LogP contribution >= 0.6 is 11.3 Å². The van der Waals surface area contributed by atoms with Crippen LogP contribution in [0, 0.1) is 0 Å². The Morgan fingerprint density at radius 2 is 1.78 bits per heavy atom. The van der Waals surface area contributed by atoms with Crippen LogP contribution in [0.25, 0.3) is 27.6 Å². The van der Waals surface area contributed by atoms with Gasteiger partial charge in [0.2, 0.25) is 11.5 Å². The van der Waals surface area contributed by atoms with Gasteiger partial charge in [-0.25, -0.2) is 4.98 Å². The molecule has 0 aliphatic carbocycles. The molecular formula is C20H16N4O2S. The Morgan fingerprint density at radius 1 is 1.04 bits per heavy atom. The summed E-state index contributed by atoms with van der Waals surface area (Å²) in [7, 11) is 1.63. The number of aromatic nitrogens is 3. The predicted molar refractivity (Wildman–Crippen MR) is 106 cm³/mol. The van der Waals surface area contributed by atoms with Gasteiger partial charge in [0.1, 0.15) is 11.6 Å². The first-order valence-corrected chi connectivity index (χ1v) is 9.12. The van der Waals surface area contributed by atoms with E-state index in [2.05, 4.69) is 15.4 Å². The molecule has 0 unspecified atom stereocenters. The highest BCUT2D eigenvalue weighted by Crippen LogP contribution is 2.29. The number of carbonyl (C=O) groups is 1. The van der Waals surface area contributed by atoms with Gasteiger partial charge in [-0.1, -0.05) is 30.3 Å². The van der Waals surface area contributed by atoms with Crippen molar-refractivity contribution in [2.75, 3.05) is 12.4 Å². The highest BCUT2D eigenvalue weighted by atomic mass is 32.1. The molecule has 27 heavy (non-hydrogen) atoms. The molecule has 134 valence electrons. The van der Waals surface area contributed by atoms with Crippen molar-refractivity contribution in [2.45, 2.75) is 0 Å². The fraction of sp³-hybridized carbons (Fsp3) is 0.0500. The van der Waals surface area contributed by atoms with Crippen LogP contribution in [-0.4, -0.2) is 28.3 Å². The molecule has 2 aromatic carbocycles. The first kappa shape index (κ1) is 17.0. The Morgan fingerprint density at radius 3 is 2.48 bits per heavy atom. The van der Waals surface area contributed by atoms with Gasteiger partial charge in [-0.3, -0.25) is 4.79 Å². The number of methoxy groups -OCH3 is 1. The van der Waals surface area contributed by atoms with Crippen LogP contribution in [0.5, 0.6) is 5.75 Å². The van der Waals surface area contributed by atoms with E-state index >= 15 is 0 Å². The number of nitrogens with zero attached hydrogens (tertiary/aromatic N) is 3. The number of amides is 1. The van der Waals surface area contributed by atoms with Gasteiger partial charge >= 0.3 is 0 Å². The molecule has 0 saturated carbocycles. The van der Waals surface area contributed by atoms with E-state index in [9.17, 15) is 4.79 Å². The average Bonchev–Trinajstić information content (AvgIpc) is 3.36. The Balaban J connectivity index is 1.72. The van der Waals surface area contributed by atoms with Crippen LogP contribution in [0.1, 0.15) is 0 Å². The highest BCUT2D eigenvalue weighted by Gasteiger charge is 2.14. The van der Waals surface area contributed by atoms with Gasteiger partial charge in [-0.15, -0.1) is 11.3 Å². The summed E-state index contributed by atoms with van der Waals surface area (Å²) in [6, 6.07) is 19.4. The summed E-state index contributed by atoms with van der Waals surface area (Å²) in [6.45, 7) is 0. The van der Waals surface area contributed by atoms with Crippen molar-refractivity contribution in [1.29, 1.82) is 0 Å². The normalized spacial score (nSPS) is 10.6. The van der Waals surface area contributed by atoms with Crippen LogP contribution < -0.4 is 10.1 Å². The van der Waals surface area contributed by atoms with Gasteiger partial charge in [-0.05, 0) is 24.3 Å². The monoisotopic (exact) mass is 376 g/mol. The molecule has 0 saturated heterocycles. The number of ether oxygens (including phenoxy) is 1. The number of nitrogens with one attached hydrogen (secondary N) is 1. The molecule has 0 spiro atoms. The predicted octanol–water partition coefficient (Wildman–Crippen LogP) is 4.24. The number of benzene rings is 2.